The number of hydrogen-bond acceptors (Lipinski definition) is 6. The van der Waals surface area contributed by atoms with Gasteiger partial charge in [-0.25, -0.2) is 0 Å². The van der Waals surface area contributed by atoms with Gasteiger partial charge in [-0.05, 0) is 72.9 Å². The minimum absolute atomic E-state index is 0.00974. The molecule has 6 rings (SSSR count). The summed E-state index contributed by atoms with van der Waals surface area (Å²) in [5, 5.41) is 3.64. The SMILES string of the molecule is O=C(NC1CCCC2CC[C@@H](C(=O)N3CC(c4cccnc4)C3)N2C1=O)c1cc2cc(CP(=O)(O)O)ccc2s1. The molecule has 12 heteroatoms. The number of thiophene rings is 1. The van der Waals surface area contributed by atoms with Crippen LogP contribution < -0.4 is 5.32 Å². The first-order valence-corrected chi connectivity index (χ1v) is 16.2. The van der Waals surface area contributed by atoms with E-state index in [1.807, 2.05) is 23.2 Å². The van der Waals surface area contributed by atoms with Crippen LogP contribution in [0.3, 0.4) is 0 Å². The Hall–Kier alpha value is -3.11. The summed E-state index contributed by atoms with van der Waals surface area (Å²) in [6, 6.07) is 9.49. The smallest absolute Gasteiger partial charge is 0.329 e. The van der Waals surface area contributed by atoms with Crippen LogP contribution in [0.15, 0.2) is 48.8 Å². The van der Waals surface area contributed by atoms with Gasteiger partial charge < -0.3 is 24.9 Å². The van der Waals surface area contributed by atoms with Crippen LogP contribution in [0.1, 0.15) is 58.8 Å². The quantitative estimate of drug-likeness (QED) is 0.379. The van der Waals surface area contributed by atoms with Crippen molar-refractivity contribution in [3.63, 3.8) is 0 Å². The van der Waals surface area contributed by atoms with Gasteiger partial charge in [0.1, 0.15) is 12.1 Å². The predicted octanol–water partition coefficient (Wildman–Crippen LogP) is 3.24. The highest BCUT2D eigenvalue weighted by Crippen LogP contribution is 2.40. The van der Waals surface area contributed by atoms with Crippen molar-refractivity contribution in [1.29, 1.82) is 0 Å². The Balaban J connectivity index is 1.13. The number of pyridine rings is 1. The molecule has 3 atom stereocenters. The Morgan fingerprint density at radius 3 is 2.67 bits per heavy atom. The van der Waals surface area contributed by atoms with Crippen LogP contribution in [0.5, 0.6) is 0 Å². The molecular formula is C28H31N4O6PS. The summed E-state index contributed by atoms with van der Waals surface area (Å²) in [6.45, 7) is 1.24. The Morgan fingerprint density at radius 2 is 1.93 bits per heavy atom. The molecule has 3 saturated heterocycles. The summed E-state index contributed by atoms with van der Waals surface area (Å²) in [7, 11) is -4.20. The maximum absolute atomic E-state index is 13.7. The van der Waals surface area contributed by atoms with Crippen molar-refractivity contribution < 1.29 is 28.7 Å². The third kappa shape index (κ3) is 5.43. The first kappa shape index (κ1) is 27.1. The number of benzene rings is 1. The zero-order chi connectivity index (χ0) is 28.0. The Labute approximate surface area is 235 Å². The van der Waals surface area contributed by atoms with E-state index in [0.29, 0.717) is 36.4 Å². The van der Waals surface area contributed by atoms with Crippen molar-refractivity contribution in [3.05, 3.63) is 64.8 Å². The van der Waals surface area contributed by atoms with E-state index in [2.05, 4.69) is 10.3 Å². The molecule has 3 N–H and O–H groups in total. The molecule has 10 nitrogen and oxygen atoms in total. The second kappa shape index (κ2) is 10.7. The van der Waals surface area contributed by atoms with E-state index in [4.69, 9.17) is 0 Å². The maximum atomic E-state index is 13.7. The molecule has 3 aromatic rings. The van der Waals surface area contributed by atoms with E-state index in [-0.39, 0.29) is 35.8 Å². The molecule has 40 heavy (non-hydrogen) atoms. The Bertz CT molecular complexity index is 1500. The maximum Gasteiger partial charge on any atom is 0.329 e. The molecule has 0 spiro atoms. The van der Waals surface area contributed by atoms with Crippen LogP contribution >= 0.6 is 18.9 Å². The normalized spacial score (nSPS) is 23.6. The van der Waals surface area contributed by atoms with Gasteiger partial charge in [-0.3, -0.25) is 23.9 Å². The van der Waals surface area contributed by atoms with Gasteiger partial charge in [0.15, 0.2) is 0 Å². The summed E-state index contributed by atoms with van der Waals surface area (Å²) in [5.41, 5.74) is 1.61. The standard InChI is InChI=1S/C28H31N4O6PS/c33-26(25-12-19-11-17(16-39(36,37)38)6-9-24(19)40-25)30-22-5-1-4-21-7-8-23(32(21)27(22)34)28(35)31-14-20(15-31)18-3-2-10-29-13-18/h2-3,6,9-13,20-23H,1,4-5,7-8,14-16H2,(H,30,33)(H2,36,37,38)/t21?,22?,23-/m0/s1. The lowest BCUT2D eigenvalue weighted by Gasteiger charge is -2.42. The van der Waals surface area contributed by atoms with Crippen LogP contribution in [0, 0.1) is 0 Å². The van der Waals surface area contributed by atoms with Gasteiger partial charge in [0.25, 0.3) is 5.91 Å². The topological polar surface area (TPSA) is 140 Å². The Kier molecular flexibility index (Phi) is 7.25. The predicted molar refractivity (Wildman–Crippen MR) is 150 cm³/mol. The highest BCUT2D eigenvalue weighted by atomic mass is 32.1. The van der Waals surface area contributed by atoms with E-state index in [9.17, 15) is 28.7 Å². The molecule has 0 radical (unpaired) electrons. The second-order valence-electron chi connectivity index (χ2n) is 11.0. The lowest BCUT2D eigenvalue weighted by atomic mass is 9.92. The molecule has 0 saturated carbocycles. The summed E-state index contributed by atoms with van der Waals surface area (Å²) in [5.74, 6) is -0.311. The molecule has 0 aliphatic carbocycles. The minimum atomic E-state index is -4.20. The number of carbonyl (C=O) groups is 3. The van der Waals surface area contributed by atoms with Gasteiger partial charge in [0, 0.05) is 42.1 Å². The fourth-order valence-electron chi connectivity index (χ4n) is 6.21. The largest absolute Gasteiger partial charge is 0.340 e. The number of hydrogen-bond donors (Lipinski definition) is 3. The van der Waals surface area contributed by atoms with Crippen LogP contribution in [0.2, 0.25) is 0 Å². The third-order valence-corrected chi connectivity index (χ3v) is 10.1. The van der Waals surface area contributed by atoms with Gasteiger partial charge in [-0.1, -0.05) is 12.1 Å². The van der Waals surface area contributed by atoms with E-state index in [0.717, 1.165) is 34.9 Å². The average Bonchev–Trinajstić information content (AvgIpc) is 3.47. The van der Waals surface area contributed by atoms with E-state index >= 15 is 0 Å². The zero-order valence-corrected chi connectivity index (χ0v) is 23.5. The first-order chi connectivity index (χ1) is 19.2. The van der Waals surface area contributed by atoms with Crippen molar-refractivity contribution >= 4 is 46.7 Å². The molecule has 3 aliphatic heterocycles. The number of nitrogens with zero attached hydrogens (tertiary/aromatic N) is 3. The monoisotopic (exact) mass is 582 g/mol. The lowest BCUT2D eigenvalue weighted by Crippen LogP contribution is -2.58. The molecular weight excluding hydrogens is 551 g/mol. The van der Waals surface area contributed by atoms with Gasteiger partial charge in [-0.2, -0.15) is 0 Å². The molecule has 2 unspecified atom stereocenters. The van der Waals surface area contributed by atoms with Gasteiger partial charge in [0.2, 0.25) is 11.8 Å². The molecule has 3 fully saturated rings. The highest BCUT2D eigenvalue weighted by molar-refractivity contribution is 7.50. The van der Waals surface area contributed by atoms with Gasteiger partial charge >= 0.3 is 7.60 Å². The highest BCUT2D eigenvalue weighted by Gasteiger charge is 2.47. The van der Waals surface area contributed by atoms with E-state index in [1.54, 1.807) is 35.4 Å². The zero-order valence-electron chi connectivity index (χ0n) is 21.8. The fraction of sp³-hybridized carbons (Fsp3) is 0.429. The van der Waals surface area contributed by atoms with Crippen LogP contribution in [-0.4, -0.2) is 73.5 Å². The molecule has 210 valence electrons. The van der Waals surface area contributed by atoms with E-state index < -0.39 is 19.7 Å². The number of nitrogens with one attached hydrogen (secondary N) is 1. The number of fused-ring (bicyclic) bond motifs is 2. The van der Waals surface area contributed by atoms with Crippen LogP contribution in [0.25, 0.3) is 10.1 Å². The van der Waals surface area contributed by atoms with Crippen molar-refractivity contribution in [2.45, 2.75) is 62.3 Å². The summed E-state index contributed by atoms with van der Waals surface area (Å²) in [6.07, 6.45) is 6.73. The fourth-order valence-corrected chi connectivity index (χ4v) is 7.82. The summed E-state index contributed by atoms with van der Waals surface area (Å²) in [4.78, 5) is 67.1. The van der Waals surface area contributed by atoms with Gasteiger partial charge in [0.05, 0.1) is 11.0 Å². The first-order valence-electron chi connectivity index (χ1n) is 13.5. The van der Waals surface area contributed by atoms with Crippen LogP contribution in [0.4, 0.5) is 0 Å². The second-order valence-corrected chi connectivity index (χ2v) is 13.7. The number of rotatable bonds is 6. The summed E-state index contributed by atoms with van der Waals surface area (Å²) >= 11 is 1.27. The average molecular weight is 583 g/mol. The van der Waals surface area contributed by atoms with Crippen molar-refractivity contribution in [2.24, 2.45) is 0 Å². The number of likely N-dealkylation sites (tertiary alicyclic amines) is 1. The van der Waals surface area contributed by atoms with Crippen molar-refractivity contribution in [1.82, 2.24) is 20.1 Å². The number of aromatic nitrogens is 1. The van der Waals surface area contributed by atoms with Gasteiger partial charge in [-0.15, -0.1) is 11.3 Å². The molecule has 0 bridgehead atoms. The van der Waals surface area contributed by atoms with Crippen molar-refractivity contribution in [3.8, 4) is 0 Å². The minimum Gasteiger partial charge on any atom is -0.340 e. The van der Waals surface area contributed by atoms with Crippen LogP contribution in [-0.2, 0) is 20.3 Å². The summed E-state index contributed by atoms with van der Waals surface area (Å²) < 4.78 is 12.2. The molecule has 2 aromatic heterocycles. The van der Waals surface area contributed by atoms with E-state index in [1.165, 1.54) is 11.3 Å². The molecule has 3 amide bonds. The Morgan fingerprint density at radius 1 is 1.10 bits per heavy atom. The molecule has 3 aliphatic rings. The third-order valence-electron chi connectivity index (χ3n) is 8.22. The lowest BCUT2D eigenvalue weighted by molar-refractivity contribution is -0.148. The van der Waals surface area contributed by atoms with Crippen molar-refractivity contribution in [2.75, 3.05) is 13.1 Å². The number of amides is 3. The molecule has 1 aromatic carbocycles. The number of carbonyl (C=O) groups excluding carboxylic acids is 3. The molecule has 5 heterocycles.